The Morgan fingerprint density at radius 1 is 1.05 bits per heavy atom. The van der Waals surface area contributed by atoms with Gasteiger partial charge in [0.2, 0.25) is 5.91 Å². The minimum absolute atomic E-state index is 0. The SMILES string of the molecule is C.COc1ccc(C2CCN(CCC(=O)N3CCC(Nc4ccc([N+](=O)[O-])c(OCC(C)C)c4)CC3)CC2)cc1. The van der Waals surface area contributed by atoms with Gasteiger partial charge in [0.15, 0.2) is 5.75 Å². The van der Waals surface area contributed by atoms with Crippen LogP contribution in [0.1, 0.15) is 64.9 Å². The van der Waals surface area contributed by atoms with Crippen LogP contribution in [0.3, 0.4) is 0 Å². The second kappa shape index (κ2) is 14.9. The zero-order chi connectivity index (χ0) is 27.8. The Kier molecular flexibility index (Phi) is 11.6. The quantitative estimate of drug-likeness (QED) is 0.271. The lowest BCUT2D eigenvalue weighted by atomic mass is 9.89. The maximum Gasteiger partial charge on any atom is 0.311 e. The molecule has 1 N–H and O–H groups in total. The number of rotatable bonds is 11. The van der Waals surface area contributed by atoms with Crippen molar-refractivity contribution < 1.29 is 19.2 Å². The highest BCUT2D eigenvalue weighted by molar-refractivity contribution is 5.76. The summed E-state index contributed by atoms with van der Waals surface area (Å²) in [4.78, 5) is 28.3. The van der Waals surface area contributed by atoms with Crippen LogP contribution in [0, 0.1) is 16.0 Å². The van der Waals surface area contributed by atoms with Crippen LogP contribution in [-0.2, 0) is 4.79 Å². The van der Waals surface area contributed by atoms with E-state index in [1.54, 1.807) is 19.2 Å². The van der Waals surface area contributed by atoms with Crippen molar-refractivity contribution in [3.63, 3.8) is 0 Å². The Balaban J connectivity index is 0.00000441. The number of nitrogens with one attached hydrogen (secondary N) is 1. The molecule has 0 atom stereocenters. The summed E-state index contributed by atoms with van der Waals surface area (Å²) in [6.07, 6.45) is 4.48. The molecule has 220 valence electrons. The highest BCUT2D eigenvalue weighted by Gasteiger charge is 2.25. The van der Waals surface area contributed by atoms with Crippen LogP contribution < -0.4 is 14.8 Å². The third-order valence-electron chi connectivity index (χ3n) is 7.76. The van der Waals surface area contributed by atoms with E-state index < -0.39 is 4.92 Å². The van der Waals surface area contributed by atoms with E-state index in [1.807, 2.05) is 30.9 Å². The molecule has 2 aliphatic rings. The van der Waals surface area contributed by atoms with E-state index in [4.69, 9.17) is 9.47 Å². The summed E-state index contributed by atoms with van der Waals surface area (Å²) in [7, 11) is 1.69. The van der Waals surface area contributed by atoms with Crippen LogP contribution in [-0.4, -0.2) is 73.1 Å². The van der Waals surface area contributed by atoms with Gasteiger partial charge >= 0.3 is 5.69 Å². The molecule has 2 fully saturated rings. The molecular weight excluding hydrogens is 508 g/mol. The molecule has 2 saturated heterocycles. The first-order chi connectivity index (χ1) is 18.8. The van der Waals surface area contributed by atoms with Gasteiger partial charge in [-0.3, -0.25) is 14.9 Å². The molecule has 0 radical (unpaired) electrons. The zero-order valence-electron chi connectivity index (χ0n) is 23.4. The second-order valence-electron chi connectivity index (χ2n) is 11.1. The molecule has 0 aromatic heterocycles. The van der Waals surface area contributed by atoms with Crippen LogP contribution >= 0.6 is 0 Å². The van der Waals surface area contributed by atoms with Crippen molar-refractivity contribution in [2.24, 2.45) is 5.92 Å². The average molecular weight is 555 g/mol. The number of hydrogen-bond acceptors (Lipinski definition) is 7. The van der Waals surface area contributed by atoms with Gasteiger partial charge in [-0.15, -0.1) is 0 Å². The maximum atomic E-state index is 12.9. The summed E-state index contributed by atoms with van der Waals surface area (Å²) in [5, 5.41) is 14.9. The van der Waals surface area contributed by atoms with E-state index in [1.165, 1.54) is 11.6 Å². The smallest absolute Gasteiger partial charge is 0.311 e. The summed E-state index contributed by atoms with van der Waals surface area (Å²) in [6, 6.07) is 13.6. The average Bonchev–Trinajstić information content (AvgIpc) is 2.95. The van der Waals surface area contributed by atoms with Gasteiger partial charge in [-0.25, -0.2) is 0 Å². The van der Waals surface area contributed by atoms with Gasteiger partial charge in [-0.2, -0.15) is 0 Å². The summed E-state index contributed by atoms with van der Waals surface area (Å²) >= 11 is 0. The van der Waals surface area contributed by atoms with Crippen molar-refractivity contribution in [2.75, 3.05) is 51.8 Å². The van der Waals surface area contributed by atoms with Crippen molar-refractivity contribution in [3.05, 3.63) is 58.1 Å². The lowest BCUT2D eigenvalue weighted by Gasteiger charge is -2.35. The standard InChI is InChI=1S/C30H42N4O5.CH4/c1-22(2)21-39-29-20-26(6-9-28(29)34(36)37)31-25-12-18-33(19-13-25)30(35)14-17-32-15-10-24(11-16-32)23-4-7-27(38-3)8-5-23;/h4-9,20,22,24-25,31H,10-19,21H2,1-3H3;1H4. The molecule has 9 nitrogen and oxygen atoms in total. The summed E-state index contributed by atoms with van der Waals surface area (Å²) in [6.45, 7) is 8.74. The molecule has 2 aliphatic heterocycles. The Hall–Kier alpha value is -3.33. The topological polar surface area (TPSA) is 97.2 Å². The van der Waals surface area contributed by atoms with Gasteiger partial charge in [0.05, 0.1) is 18.6 Å². The number of carbonyl (C=O) groups is 1. The number of likely N-dealkylation sites (tertiary alicyclic amines) is 2. The summed E-state index contributed by atoms with van der Waals surface area (Å²) in [5.74, 6) is 2.25. The highest BCUT2D eigenvalue weighted by Crippen LogP contribution is 2.32. The molecule has 1 amide bonds. The van der Waals surface area contributed by atoms with Gasteiger partial charge in [0.25, 0.3) is 0 Å². The number of nitro benzene ring substituents is 1. The third kappa shape index (κ3) is 8.58. The largest absolute Gasteiger partial charge is 0.497 e. The van der Waals surface area contributed by atoms with Crippen molar-refractivity contribution >= 4 is 17.3 Å². The van der Waals surface area contributed by atoms with Crippen molar-refractivity contribution in [1.82, 2.24) is 9.80 Å². The third-order valence-corrected chi connectivity index (χ3v) is 7.76. The van der Waals surface area contributed by atoms with Crippen LogP contribution in [0.5, 0.6) is 11.5 Å². The van der Waals surface area contributed by atoms with E-state index in [0.29, 0.717) is 24.7 Å². The molecule has 0 unspecified atom stereocenters. The monoisotopic (exact) mass is 554 g/mol. The zero-order valence-corrected chi connectivity index (χ0v) is 23.4. The number of carbonyl (C=O) groups excluding carboxylic acids is 1. The lowest BCUT2D eigenvalue weighted by molar-refractivity contribution is -0.385. The lowest BCUT2D eigenvalue weighted by Crippen LogP contribution is -2.43. The molecule has 0 aliphatic carbocycles. The molecule has 40 heavy (non-hydrogen) atoms. The number of hydrogen-bond donors (Lipinski definition) is 1. The number of anilines is 1. The molecule has 9 heteroatoms. The van der Waals surface area contributed by atoms with Gasteiger partial charge in [0.1, 0.15) is 5.75 Å². The Morgan fingerprint density at radius 2 is 1.73 bits per heavy atom. The van der Waals surface area contributed by atoms with E-state index >= 15 is 0 Å². The maximum absolute atomic E-state index is 12.9. The normalized spacial score (nSPS) is 16.9. The van der Waals surface area contributed by atoms with Gasteiger partial charge in [-0.05, 0) is 74.4 Å². The molecule has 2 aromatic rings. The van der Waals surface area contributed by atoms with E-state index in [0.717, 1.165) is 69.8 Å². The van der Waals surface area contributed by atoms with E-state index in [9.17, 15) is 14.9 Å². The first kappa shape index (κ1) is 31.2. The van der Waals surface area contributed by atoms with Gasteiger partial charge in [-0.1, -0.05) is 33.4 Å². The fraction of sp³-hybridized carbons (Fsp3) is 0.581. The fourth-order valence-corrected chi connectivity index (χ4v) is 5.41. The van der Waals surface area contributed by atoms with E-state index in [-0.39, 0.29) is 31.0 Å². The minimum Gasteiger partial charge on any atom is -0.497 e. The fourth-order valence-electron chi connectivity index (χ4n) is 5.41. The number of amides is 1. The van der Waals surface area contributed by atoms with Crippen molar-refractivity contribution in [1.29, 1.82) is 0 Å². The minimum atomic E-state index is -0.410. The summed E-state index contributed by atoms with van der Waals surface area (Å²) in [5.41, 5.74) is 2.16. The van der Waals surface area contributed by atoms with Crippen LogP contribution in [0.25, 0.3) is 0 Å². The first-order valence-electron chi connectivity index (χ1n) is 14.1. The van der Waals surface area contributed by atoms with E-state index in [2.05, 4.69) is 22.3 Å². The second-order valence-corrected chi connectivity index (χ2v) is 11.1. The number of piperidine rings is 2. The Bertz CT molecular complexity index is 1090. The Morgan fingerprint density at radius 3 is 2.33 bits per heavy atom. The summed E-state index contributed by atoms with van der Waals surface area (Å²) < 4.78 is 11.0. The van der Waals surface area contributed by atoms with Crippen LogP contribution in [0.2, 0.25) is 0 Å². The number of nitro groups is 1. The molecule has 2 heterocycles. The predicted octanol–water partition coefficient (Wildman–Crippen LogP) is 5.95. The molecule has 0 bridgehead atoms. The van der Waals surface area contributed by atoms with Crippen molar-refractivity contribution in [2.45, 2.75) is 65.3 Å². The highest BCUT2D eigenvalue weighted by atomic mass is 16.6. The number of ether oxygens (including phenoxy) is 2. The number of nitrogens with zero attached hydrogens (tertiary/aromatic N) is 3. The molecule has 0 spiro atoms. The van der Waals surface area contributed by atoms with Gasteiger partial charge in [0, 0.05) is 49.9 Å². The number of benzene rings is 2. The molecule has 2 aromatic carbocycles. The Labute approximate surface area is 239 Å². The van der Waals surface area contributed by atoms with Crippen LogP contribution in [0.15, 0.2) is 42.5 Å². The predicted molar refractivity (Wildman–Crippen MR) is 159 cm³/mol. The number of methoxy groups -OCH3 is 1. The first-order valence-corrected chi connectivity index (χ1v) is 14.1. The molecule has 4 rings (SSSR count). The molecular formula is C31H46N4O5. The molecule has 0 saturated carbocycles. The van der Waals surface area contributed by atoms with Gasteiger partial charge < -0.3 is 24.6 Å². The van der Waals surface area contributed by atoms with Crippen molar-refractivity contribution in [3.8, 4) is 11.5 Å². The van der Waals surface area contributed by atoms with Crippen LogP contribution in [0.4, 0.5) is 11.4 Å².